The van der Waals surface area contributed by atoms with E-state index in [1.54, 1.807) is 0 Å². The maximum Gasteiger partial charge on any atom is 0.225 e. The SMILES string of the molecule is CS(=O)(=O)c1ccc(Oc2cc(Cl)nc(N)n2)cc1. The van der Waals surface area contributed by atoms with Gasteiger partial charge >= 0.3 is 0 Å². The number of nitrogen functional groups attached to an aromatic ring is 1. The number of benzene rings is 1. The van der Waals surface area contributed by atoms with Crippen LogP contribution in [0.3, 0.4) is 0 Å². The molecule has 0 spiro atoms. The minimum Gasteiger partial charge on any atom is -0.439 e. The molecule has 0 atom stereocenters. The van der Waals surface area contributed by atoms with Crippen LogP contribution in [0.2, 0.25) is 5.15 Å². The molecule has 0 aliphatic carbocycles. The van der Waals surface area contributed by atoms with E-state index in [9.17, 15) is 8.42 Å². The molecule has 0 unspecified atom stereocenters. The highest BCUT2D eigenvalue weighted by atomic mass is 35.5. The Labute approximate surface area is 115 Å². The van der Waals surface area contributed by atoms with Gasteiger partial charge in [-0.3, -0.25) is 0 Å². The van der Waals surface area contributed by atoms with Gasteiger partial charge in [0.05, 0.1) is 4.90 Å². The Bertz CT molecular complexity index is 681. The normalized spacial score (nSPS) is 11.3. The minimum atomic E-state index is -3.23. The van der Waals surface area contributed by atoms with E-state index in [0.717, 1.165) is 6.26 Å². The maximum absolute atomic E-state index is 11.3. The van der Waals surface area contributed by atoms with Crippen LogP contribution in [-0.4, -0.2) is 24.6 Å². The van der Waals surface area contributed by atoms with Crippen molar-refractivity contribution in [1.82, 2.24) is 9.97 Å². The Morgan fingerprint density at radius 2 is 1.84 bits per heavy atom. The van der Waals surface area contributed by atoms with Gasteiger partial charge in [0, 0.05) is 12.3 Å². The summed E-state index contributed by atoms with van der Waals surface area (Å²) >= 11 is 5.71. The lowest BCUT2D eigenvalue weighted by atomic mass is 10.3. The summed E-state index contributed by atoms with van der Waals surface area (Å²) in [5.41, 5.74) is 5.43. The molecule has 0 saturated carbocycles. The number of ether oxygens (including phenoxy) is 1. The topological polar surface area (TPSA) is 95.2 Å². The summed E-state index contributed by atoms with van der Waals surface area (Å²) in [6.07, 6.45) is 1.13. The number of halogens is 1. The Morgan fingerprint density at radius 1 is 1.21 bits per heavy atom. The van der Waals surface area contributed by atoms with Gasteiger partial charge in [-0.1, -0.05) is 11.6 Å². The monoisotopic (exact) mass is 299 g/mol. The molecule has 2 aromatic rings. The molecule has 0 bridgehead atoms. The van der Waals surface area contributed by atoms with Crippen LogP contribution >= 0.6 is 11.6 Å². The molecule has 100 valence electrons. The van der Waals surface area contributed by atoms with Crippen LogP contribution in [0.5, 0.6) is 11.6 Å². The lowest BCUT2D eigenvalue weighted by Crippen LogP contribution is -1.98. The second-order valence-corrected chi connectivity index (χ2v) is 6.14. The van der Waals surface area contributed by atoms with Gasteiger partial charge in [0.15, 0.2) is 9.84 Å². The summed E-state index contributed by atoms with van der Waals surface area (Å²) in [6, 6.07) is 7.32. The van der Waals surface area contributed by atoms with Crippen molar-refractivity contribution < 1.29 is 13.2 Å². The van der Waals surface area contributed by atoms with Crippen molar-refractivity contribution in [2.24, 2.45) is 0 Å². The van der Waals surface area contributed by atoms with Crippen molar-refractivity contribution in [2.45, 2.75) is 4.90 Å². The van der Waals surface area contributed by atoms with Crippen LogP contribution in [0, 0.1) is 0 Å². The van der Waals surface area contributed by atoms with Crippen LogP contribution < -0.4 is 10.5 Å². The fraction of sp³-hybridized carbons (Fsp3) is 0.0909. The second kappa shape index (κ2) is 5.02. The molecule has 0 amide bonds. The van der Waals surface area contributed by atoms with Crippen molar-refractivity contribution in [3.05, 3.63) is 35.5 Å². The first-order chi connectivity index (χ1) is 8.84. The zero-order valence-electron chi connectivity index (χ0n) is 9.87. The fourth-order valence-electron chi connectivity index (χ4n) is 1.34. The van der Waals surface area contributed by atoms with Crippen molar-refractivity contribution in [3.8, 4) is 11.6 Å². The van der Waals surface area contributed by atoms with Crippen LogP contribution in [-0.2, 0) is 9.84 Å². The number of aromatic nitrogens is 2. The first kappa shape index (κ1) is 13.6. The highest BCUT2D eigenvalue weighted by Crippen LogP contribution is 2.23. The van der Waals surface area contributed by atoms with Gasteiger partial charge in [-0.05, 0) is 24.3 Å². The lowest BCUT2D eigenvalue weighted by Gasteiger charge is -2.06. The molecule has 0 fully saturated rings. The maximum atomic E-state index is 11.3. The Balaban J connectivity index is 2.24. The van der Waals surface area contributed by atoms with Crippen molar-refractivity contribution in [2.75, 3.05) is 12.0 Å². The summed E-state index contributed by atoms with van der Waals surface area (Å²) in [5.74, 6) is 0.599. The van der Waals surface area contributed by atoms with E-state index in [1.807, 2.05) is 0 Å². The highest BCUT2D eigenvalue weighted by Gasteiger charge is 2.08. The number of nitrogens with two attached hydrogens (primary N) is 1. The lowest BCUT2D eigenvalue weighted by molar-refractivity contribution is 0.462. The van der Waals surface area contributed by atoms with Gasteiger partial charge in [-0.15, -0.1) is 0 Å². The Kier molecular flexibility index (Phi) is 3.59. The van der Waals surface area contributed by atoms with Gasteiger partial charge in [0.1, 0.15) is 10.9 Å². The third-order valence-corrected chi connectivity index (χ3v) is 3.49. The molecule has 6 nitrogen and oxygen atoms in total. The van der Waals surface area contributed by atoms with Crippen molar-refractivity contribution >= 4 is 27.4 Å². The van der Waals surface area contributed by atoms with E-state index < -0.39 is 9.84 Å². The minimum absolute atomic E-state index is 0.00439. The second-order valence-electron chi connectivity index (χ2n) is 3.73. The smallest absolute Gasteiger partial charge is 0.225 e. The molecule has 1 aromatic heterocycles. The van der Waals surface area contributed by atoms with Crippen LogP contribution in [0.1, 0.15) is 0 Å². The molecular weight excluding hydrogens is 290 g/mol. The molecule has 8 heteroatoms. The molecule has 2 N–H and O–H groups in total. The van der Waals surface area contributed by atoms with Crippen molar-refractivity contribution in [1.29, 1.82) is 0 Å². The van der Waals surface area contributed by atoms with E-state index in [2.05, 4.69) is 9.97 Å². The molecule has 2 rings (SSSR count). The Hall–Kier alpha value is -1.86. The number of rotatable bonds is 3. The standard InChI is InChI=1S/C11H10ClN3O3S/c1-19(16,17)8-4-2-7(3-5-8)18-10-6-9(12)14-11(13)15-10/h2-6H,1H3,(H2,13,14,15). The predicted molar refractivity (Wildman–Crippen MR) is 71.1 cm³/mol. The zero-order chi connectivity index (χ0) is 14.0. The number of hydrogen-bond acceptors (Lipinski definition) is 6. The number of hydrogen-bond donors (Lipinski definition) is 1. The quantitative estimate of drug-likeness (QED) is 0.870. The fourth-order valence-corrected chi connectivity index (χ4v) is 2.15. The number of sulfone groups is 1. The summed E-state index contributed by atoms with van der Waals surface area (Å²) < 4.78 is 28.0. The molecule has 1 heterocycles. The van der Waals surface area contributed by atoms with E-state index in [0.29, 0.717) is 5.75 Å². The van der Waals surface area contributed by atoms with Gasteiger partial charge < -0.3 is 10.5 Å². The van der Waals surface area contributed by atoms with E-state index in [1.165, 1.54) is 30.3 Å². The zero-order valence-corrected chi connectivity index (χ0v) is 11.4. The molecular formula is C11H10ClN3O3S. The molecule has 0 aliphatic heterocycles. The summed E-state index contributed by atoms with van der Waals surface area (Å²) in [7, 11) is -3.23. The summed E-state index contributed by atoms with van der Waals surface area (Å²) in [5, 5.41) is 0.162. The van der Waals surface area contributed by atoms with Crippen LogP contribution in [0.4, 0.5) is 5.95 Å². The van der Waals surface area contributed by atoms with Gasteiger partial charge in [0.2, 0.25) is 11.8 Å². The first-order valence-electron chi connectivity index (χ1n) is 5.12. The highest BCUT2D eigenvalue weighted by molar-refractivity contribution is 7.90. The molecule has 0 aliphatic rings. The number of nitrogens with zero attached hydrogens (tertiary/aromatic N) is 2. The van der Waals surface area contributed by atoms with E-state index in [-0.39, 0.29) is 21.9 Å². The van der Waals surface area contributed by atoms with Crippen LogP contribution in [0.15, 0.2) is 35.2 Å². The molecule has 1 aromatic carbocycles. The average molecular weight is 300 g/mol. The van der Waals surface area contributed by atoms with Crippen LogP contribution in [0.25, 0.3) is 0 Å². The summed E-state index contributed by atoms with van der Waals surface area (Å²) in [6.45, 7) is 0. The van der Waals surface area contributed by atoms with Gasteiger partial charge in [0.25, 0.3) is 0 Å². The third kappa shape index (κ3) is 3.55. The molecule has 0 radical (unpaired) electrons. The summed E-state index contributed by atoms with van der Waals surface area (Å²) in [4.78, 5) is 7.75. The molecule has 0 saturated heterocycles. The molecule has 19 heavy (non-hydrogen) atoms. The predicted octanol–water partition coefficient (Wildman–Crippen LogP) is 1.91. The Morgan fingerprint density at radius 3 is 2.37 bits per heavy atom. The third-order valence-electron chi connectivity index (χ3n) is 2.16. The van der Waals surface area contributed by atoms with Gasteiger partial charge in [-0.25, -0.2) is 13.4 Å². The average Bonchev–Trinajstić information content (AvgIpc) is 2.26. The largest absolute Gasteiger partial charge is 0.439 e. The van der Waals surface area contributed by atoms with E-state index in [4.69, 9.17) is 22.1 Å². The van der Waals surface area contributed by atoms with Gasteiger partial charge in [-0.2, -0.15) is 4.98 Å². The number of anilines is 1. The van der Waals surface area contributed by atoms with E-state index >= 15 is 0 Å². The first-order valence-corrected chi connectivity index (χ1v) is 7.39. The van der Waals surface area contributed by atoms with Crippen molar-refractivity contribution in [3.63, 3.8) is 0 Å².